The average Bonchev–Trinajstić information content (AvgIpc) is 2.38. The van der Waals surface area contributed by atoms with Gasteiger partial charge in [0.05, 0.1) is 18.7 Å². The van der Waals surface area contributed by atoms with Gasteiger partial charge in [0.15, 0.2) is 0 Å². The molecule has 3 N–H and O–H groups in total. The third-order valence-corrected chi connectivity index (χ3v) is 3.28. The van der Waals surface area contributed by atoms with Crippen molar-refractivity contribution < 1.29 is 14.3 Å². The lowest BCUT2D eigenvalue weighted by Gasteiger charge is -2.28. The van der Waals surface area contributed by atoms with Gasteiger partial charge in [-0.05, 0) is 25.2 Å². The lowest BCUT2D eigenvalue weighted by atomic mass is 9.91. The molecular weight excluding hydrogens is 220 g/mol. The Bertz CT molecular complexity index is 230. The van der Waals surface area contributed by atoms with Crippen LogP contribution < -0.4 is 11.1 Å². The third-order valence-electron chi connectivity index (χ3n) is 3.28. The molecule has 1 saturated heterocycles. The molecule has 1 heterocycles. The molecule has 0 aromatic heterocycles. The van der Waals surface area contributed by atoms with E-state index in [0.717, 1.165) is 19.3 Å². The highest BCUT2D eigenvalue weighted by Gasteiger charge is 2.27. The number of nitrogens with two attached hydrogens (primary N) is 1. The number of carbonyl (C=O) groups is 1. The van der Waals surface area contributed by atoms with Gasteiger partial charge in [0.1, 0.15) is 0 Å². The normalized spacial score (nSPS) is 20.9. The fourth-order valence-electron chi connectivity index (χ4n) is 2.05. The molecule has 0 saturated carbocycles. The van der Waals surface area contributed by atoms with E-state index in [9.17, 15) is 4.79 Å². The van der Waals surface area contributed by atoms with Crippen LogP contribution in [0.15, 0.2) is 0 Å². The quantitative estimate of drug-likeness (QED) is 0.704. The largest absolute Gasteiger partial charge is 0.383 e. The van der Waals surface area contributed by atoms with Crippen LogP contribution >= 0.6 is 0 Å². The molecule has 2 atom stereocenters. The van der Waals surface area contributed by atoms with E-state index in [4.69, 9.17) is 15.2 Å². The Morgan fingerprint density at radius 1 is 1.53 bits per heavy atom. The highest BCUT2D eigenvalue weighted by atomic mass is 16.5. The van der Waals surface area contributed by atoms with Crippen molar-refractivity contribution in [3.8, 4) is 0 Å². The Labute approximate surface area is 103 Å². The summed E-state index contributed by atoms with van der Waals surface area (Å²) in [6.45, 7) is 3.97. The summed E-state index contributed by atoms with van der Waals surface area (Å²) in [6.07, 6.45) is 2.59. The van der Waals surface area contributed by atoms with Gasteiger partial charge in [-0.15, -0.1) is 0 Å². The molecule has 1 amide bonds. The summed E-state index contributed by atoms with van der Waals surface area (Å²) in [6, 6.07) is -0.372. The standard InChI is InChI=1S/C12H24N2O3/c1-3-10(8-16-2)14-12(15)11(13)9-4-6-17-7-5-9/h9-11H,3-8,13H2,1-2H3,(H,14,15). The van der Waals surface area contributed by atoms with Crippen molar-refractivity contribution in [1.82, 2.24) is 5.32 Å². The number of methoxy groups -OCH3 is 1. The maximum Gasteiger partial charge on any atom is 0.237 e. The van der Waals surface area contributed by atoms with E-state index < -0.39 is 6.04 Å². The molecule has 100 valence electrons. The fraction of sp³-hybridized carbons (Fsp3) is 0.917. The van der Waals surface area contributed by atoms with Crippen molar-refractivity contribution in [3.05, 3.63) is 0 Å². The fourth-order valence-corrected chi connectivity index (χ4v) is 2.05. The molecule has 1 aliphatic rings. The zero-order valence-corrected chi connectivity index (χ0v) is 10.8. The SMILES string of the molecule is CCC(COC)NC(=O)C(N)C1CCOCC1. The number of hydrogen-bond acceptors (Lipinski definition) is 4. The van der Waals surface area contributed by atoms with Gasteiger partial charge in [-0.2, -0.15) is 0 Å². The second-order valence-electron chi connectivity index (χ2n) is 4.54. The van der Waals surface area contributed by atoms with Crippen molar-refractivity contribution in [3.63, 3.8) is 0 Å². The van der Waals surface area contributed by atoms with Crippen LogP contribution in [0.4, 0.5) is 0 Å². The Morgan fingerprint density at radius 3 is 2.71 bits per heavy atom. The molecular formula is C12H24N2O3. The number of carbonyl (C=O) groups excluding carboxylic acids is 1. The molecule has 17 heavy (non-hydrogen) atoms. The zero-order valence-electron chi connectivity index (χ0n) is 10.8. The Morgan fingerprint density at radius 2 is 2.18 bits per heavy atom. The van der Waals surface area contributed by atoms with Crippen molar-refractivity contribution in [2.24, 2.45) is 11.7 Å². The smallest absolute Gasteiger partial charge is 0.237 e. The highest BCUT2D eigenvalue weighted by Crippen LogP contribution is 2.17. The summed E-state index contributed by atoms with van der Waals surface area (Å²) in [5.74, 6) is 0.171. The van der Waals surface area contributed by atoms with Gasteiger partial charge >= 0.3 is 0 Å². The van der Waals surface area contributed by atoms with Crippen LogP contribution in [0, 0.1) is 5.92 Å². The molecule has 0 aliphatic carbocycles. The molecule has 1 aliphatic heterocycles. The van der Waals surface area contributed by atoms with Crippen molar-refractivity contribution in [2.75, 3.05) is 26.9 Å². The van der Waals surface area contributed by atoms with Crippen LogP contribution in [0.1, 0.15) is 26.2 Å². The summed E-state index contributed by atoms with van der Waals surface area (Å²) in [7, 11) is 1.63. The number of amides is 1. The van der Waals surface area contributed by atoms with Crippen molar-refractivity contribution in [2.45, 2.75) is 38.3 Å². The Kier molecular flexibility index (Phi) is 6.47. The number of ether oxygens (including phenoxy) is 2. The summed E-state index contributed by atoms with van der Waals surface area (Å²) in [5.41, 5.74) is 5.98. The van der Waals surface area contributed by atoms with Gasteiger partial charge in [-0.25, -0.2) is 0 Å². The maximum absolute atomic E-state index is 12.0. The number of nitrogens with one attached hydrogen (secondary N) is 1. The van der Waals surface area contributed by atoms with E-state index in [0.29, 0.717) is 19.8 Å². The molecule has 0 aromatic rings. The van der Waals surface area contributed by atoms with Gasteiger partial charge in [0, 0.05) is 20.3 Å². The highest BCUT2D eigenvalue weighted by molar-refractivity contribution is 5.82. The lowest BCUT2D eigenvalue weighted by Crippen LogP contribution is -2.50. The first-order valence-corrected chi connectivity index (χ1v) is 6.31. The molecule has 0 bridgehead atoms. The second kappa shape index (κ2) is 7.63. The molecule has 5 nitrogen and oxygen atoms in total. The van der Waals surface area contributed by atoms with E-state index >= 15 is 0 Å². The number of rotatable bonds is 6. The maximum atomic E-state index is 12.0. The molecule has 2 unspecified atom stereocenters. The first-order chi connectivity index (χ1) is 8.19. The van der Waals surface area contributed by atoms with Gasteiger partial charge in [-0.1, -0.05) is 6.92 Å². The van der Waals surface area contributed by atoms with Crippen LogP contribution in [-0.2, 0) is 14.3 Å². The Balaban J connectivity index is 2.39. The molecule has 1 fully saturated rings. The van der Waals surface area contributed by atoms with Crippen LogP contribution in [0.5, 0.6) is 0 Å². The lowest BCUT2D eigenvalue weighted by molar-refractivity contribution is -0.125. The van der Waals surface area contributed by atoms with Crippen LogP contribution in [-0.4, -0.2) is 44.9 Å². The van der Waals surface area contributed by atoms with Gasteiger partial charge in [0.25, 0.3) is 0 Å². The van der Waals surface area contributed by atoms with Crippen molar-refractivity contribution in [1.29, 1.82) is 0 Å². The van der Waals surface area contributed by atoms with E-state index in [1.54, 1.807) is 7.11 Å². The minimum atomic E-state index is -0.426. The summed E-state index contributed by atoms with van der Waals surface area (Å²) < 4.78 is 10.3. The second-order valence-corrected chi connectivity index (χ2v) is 4.54. The van der Waals surface area contributed by atoms with Crippen LogP contribution in [0.25, 0.3) is 0 Å². The first-order valence-electron chi connectivity index (χ1n) is 6.31. The minimum absolute atomic E-state index is 0.0541. The Hall–Kier alpha value is -0.650. The predicted octanol–water partition coefficient (Wildman–Crippen LogP) is 0.282. The first kappa shape index (κ1) is 14.4. The molecule has 0 radical (unpaired) electrons. The topological polar surface area (TPSA) is 73.6 Å². The number of hydrogen-bond donors (Lipinski definition) is 2. The van der Waals surface area contributed by atoms with Crippen LogP contribution in [0.2, 0.25) is 0 Å². The summed E-state index contributed by atoms with van der Waals surface area (Å²) in [5, 5.41) is 2.93. The van der Waals surface area contributed by atoms with Gasteiger partial charge in [-0.3, -0.25) is 4.79 Å². The minimum Gasteiger partial charge on any atom is -0.383 e. The van der Waals surface area contributed by atoms with Crippen LogP contribution in [0.3, 0.4) is 0 Å². The summed E-state index contributed by atoms with van der Waals surface area (Å²) >= 11 is 0. The predicted molar refractivity (Wildman–Crippen MR) is 65.6 cm³/mol. The zero-order chi connectivity index (χ0) is 12.7. The van der Waals surface area contributed by atoms with Crippen molar-refractivity contribution >= 4 is 5.91 Å². The van der Waals surface area contributed by atoms with E-state index in [1.165, 1.54) is 0 Å². The molecule has 0 aromatic carbocycles. The van der Waals surface area contributed by atoms with Gasteiger partial charge < -0.3 is 20.5 Å². The molecule has 1 rings (SSSR count). The van der Waals surface area contributed by atoms with E-state index in [2.05, 4.69) is 5.32 Å². The third kappa shape index (κ3) is 4.61. The average molecular weight is 244 g/mol. The van der Waals surface area contributed by atoms with E-state index in [1.807, 2.05) is 6.92 Å². The van der Waals surface area contributed by atoms with E-state index in [-0.39, 0.29) is 17.9 Å². The monoisotopic (exact) mass is 244 g/mol. The molecule has 5 heteroatoms. The summed E-state index contributed by atoms with van der Waals surface area (Å²) in [4.78, 5) is 12.0. The molecule has 0 spiro atoms. The van der Waals surface area contributed by atoms with Gasteiger partial charge in [0.2, 0.25) is 5.91 Å².